The fourth-order valence-corrected chi connectivity index (χ4v) is 2.13. The maximum atomic E-state index is 12.1. The summed E-state index contributed by atoms with van der Waals surface area (Å²) in [6.45, 7) is 4.50. The number of hydrogen-bond acceptors (Lipinski definition) is 5. The Hall–Kier alpha value is -2.09. The molecule has 1 aromatic rings. The molecule has 8 nitrogen and oxygen atoms in total. The topological polar surface area (TPSA) is 111 Å². The van der Waals surface area contributed by atoms with E-state index < -0.39 is 0 Å². The monoisotopic (exact) mass is 266 g/mol. The number of nitrogens with two attached hydrogens (primary N) is 1. The molecule has 4 N–H and O–H groups in total. The molecule has 19 heavy (non-hydrogen) atoms. The summed E-state index contributed by atoms with van der Waals surface area (Å²) in [5.41, 5.74) is 6.15. The number of amidine groups is 1. The molecule has 2 rings (SSSR count). The van der Waals surface area contributed by atoms with Crippen LogP contribution in [0, 0.1) is 0 Å². The molecule has 1 aliphatic heterocycles. The molecule has 1 saturated heterocycles. The van der Waals surface area contributed by atoms with E-state index in [4.69, 9.17) is 10.9 Å². The van der Waals surface area contributed by atoms with Crippen LogP contribution in [0.4, 0.5) is 0 Å². The van der Waals surface area contributed by atoms with E-state index in [0.717, 1.165) is 0 Å². The minimum Gasteiger partial charge on any atom is -0.409 e. The van der Waals surface area contributed by atoms with E-state index in [1.807, 2.05) is 6.92 Å². The first kappa shape index (κ1) is 13.3. The second kappa shape index (κ2) is 5.70. The molecule has 1 aliphatic rings. The predicted octanol–water partition coefficient (Wildman–Crippen LogP) is -0.698. The van der Waals surface area contributed by atoms with Crippen LogP contribution >= 0.6 is 0 Å². The maximum Gasteiger partial charge on any atom is 0.257 e. The van der Waals surface area contributed by atoms with Gasteiger partial charge in [-0.2, -0.15) is 5.10 Å². The average Bonchev–Trinajstić information content (AvgIpc) is 2.99. The zero-order valence-corrected chi connectivity index (χ0v) is 10.8. The van der Waals surface area contributed by atoms with Gasteiger partial charge in [-0.3, -0.25) is 14.8 Å². The lowest BCUT2D eigenvalue weighted by Crippen LogP contribution is -2.54. The van der Waals surface area contributed by atoms with Crippen LogP contribution in [0.25, 0.3) is 0 Å². The van der Waals surface area contributed by atoms with Crippen molar-refractivity contribution in [3.63, 3.8) is 0 Å². The van der Waals surface area contributed by atoms with Gasteiger partial charge in [-0.05, 0) is 6.92 Å². The molecule has 8 heteroatoms. The number of amides is 1. The highest BCUT2D eigenvalue weighted by Gasteiger charge is 2.26. The van der Waals surface area contributed by atoms with E-state index in [1.165, 1.54) is 6.20 Å². The van der Waals surface area contributed by atoms with E-state index in [-0.39, 0.29) is 17.8 Å². The molecule has 1 amide bonds. The van der Waals surface area contributed by atoms with Crippen LogP contribution in [0.5, 0.6) is 0 Å². The molecule has 104 valence electrons. The molecule has 1 unspecified atom stereocenters. The van der Waals surface area contributed by atoms with E-state index in [9.17, 15) is 4.79 Å². The van der Waals surface area contributed by atoms with E-state index in [0.29, 0.717) is 31.7 Å². The van der Waals surface area contributed by atoms with E-state index >= 15 is 0 Å². The number of rotatable bonds is 3. The Morgan fingerprint density at radius 3 is 2.74 bits per heavy atom. The number of hydrogen-bond donors (Lipinski definition) is 3. The van der Waals surface area contributed by atoms with Crippen molar-refractivity contribution in [2.24, 2.45) is 10.9 Å². The van der Waals surface area contributed by atoms with Crippen LogP contribution in [-0.4, -0.2) is 69.2 Å². The Morgan fingerprint density at radius 1 is 1.53 bits per heavy atom. The molecule has 0 spiro atoms. The predicted molar refractivity (Wildman–Crippen MR) is 68.9 cm³/mol. The summed E-state index contributed by atoms with van der Waals surface area (Å²) in [5, 5.41) is 18.1. The number of aromatic amines is 1. The van der Waals surface area contributed by atoms with Crippen molar-refractivity contribution in [3.05, 3.63) is 18.0 Å². The standard InChI is InChI=1S/C11H18N6O2/c1-8(10(12)15-19)16-2-4-17(5-3-16)11(18)9-6-13-14-7-9/h6-8,19H,2-5H2,1H3,(H2,12,15)(H,13,14). The SMILES string of the molecule is CC(C(N)=NO)N1CCN(C(=O)c2cn[nH]c2)CC1. The number of oxime groups is 1. The first-order valence-corrected chi connectivity index (χ1v) is 6.13. The Bertz CT molecular complexity index is 450. The Balaban J connectivity index is 1.91. The molecule has 1 aromatic heterocycles. The molecule has 2 heterocycles. The van der Waals surface area contributed by atoms with Gasteiger partial charge in [0.05, 0.1) is 17.8 Å². The summed E-state index contributed by atoms with van der Waals surface area (Å²) in [7, 11) is 0. The lowest BCUT2D eigenvalue weighted by atomic mass is 10.2. The summed E-state index contributed by atoms with van der Waals surface area (Å²) < 4.78 is 0. The number of H-pyrrole nitrogens is 1. The smallest absolute Gasteiger partial charge is 0.257 e. The van der Waals surface area contributed by atoms with Crippen LogP contribution in [0.15, 0.2) is 17.5 Å². The Kier molecular flexibility index (Phi) is 4.00. The van der Waals surface area contributed by atoms with Crippen LogP contribution in [0.3, 0.4) is 0 Å². The van der Waals surface area contributed by atoms with Crippen molar-refractivity contribution in [1.82, 2.24) is 20.0 Å². The first-order valence-electron chi connectivity index (χ1n) is 6.13. The van der Waals surface area contributed by atoms with Gasteiger partial charge in [0, 0.05) is 32.4 Å². The van der Waals surface area contributed by atoms with Gasteiger partial charge in [0.15, 0.2) is 5.84 Å². The fourth-order valence-electron chi connectivity index (χ4n) is 2.13. The van der Waals surface area contributed by atoms with Gasteiger partial charge in [-0.25, -0.2) is 0 Å². The van der Waals surface area contributed by atoms with Crippen molar-refractivity contribution in [1.29, 1.82) is 0 Å². The van der Waals surface area contributed by atoms with Gasteiger partial charge in [-0.1, -0.05) is 5.16 Å². The average molecular weight is 266 g/mol. The number of nitrogens with zero attached hydrogens (tertiary/aromatic N) is 4. The largest absolute Gasteiger partial charge is 0.409 e. The molecule has 0 radical (unpaired) electrons. The van der Waals surface area contributed by atoms with Gasteiger partial charge in [0.2, 0.25) is 0 Å². The van der Waals surface area contributed by atoms with Crippen molar-refractivity contribution in [2.45, 2.75) is 13.0 Å². The summed E-state index contributed by atoms with van der Waals surface area (Å²) in [5.74, 6) is 0.166. The summed E-state index contributed by atoms with van der Waals surface area (Å²) in [6.07, 6.45) is 3.11. The molecule has 1 atom stereocenters. The third-order valence-electron chi connectivity index (χ3n) is 3.44. The molecule has 0 aromatic carbocycles. The highest BCUT2D eigenvalue weighted by atomic mass is 16.4. The van der Waals surface area contributed by atoms with Gasteiger partial charge in [-0.15, -0.1) is 0 Å². The number of carbonyl (C=O) groups excluding carboxylic acids is 1. The lowest BCUT2D eigenvalue weighted by molar-refractivity contribution is 0.0619. The van der Waals surface area contributed by atoms with Crippen molar-refractivity contribution >= 4 is 11.7 Å². The maximum absolute atomic E-state index is 12.1. The van der Waals surface area contributed by atoms with Crippen LogP contribution < -0.4 is 5.73 Å². The normalized spacial score (nSPS) is 19.4. The second-order valence-corrected chi connectivity index (χ2v) is 4.52. The summed E-state index contributed by atoms with van der Waals surface area (Å²) >= 11 is 0. The molecule has 0 bridgehead atoms. The summed E-state index contributed by atoms with van der Waals surface area (Å²) in [6, 6.07) is -0.129. The highest BCUT2D eigenvalue weighted by molar-refractivity contribution is 5.93. The Labute approximate surface area is 110 Å². The lowest BCUT2D eigenvalue weighted by Gasteiger charge is -2.37. The van der Waals surface area contributed by atoms with Gasteiger partial charge in [0.1, 0.15) is 0 Å². The van der Waals surface area contributed by atoms with Crippen molar-refractivity contribution in [3.8, 4) is 0 Å². The zero-order chi connectivity index (χ0) is 13.8. The highest BCUT2D eigenvalue weighted by Crippen LogP contribution is 2.10. The molecular formula is C11H18N6O2. The fraction of sp³-hybridized carbons (Fsp3) is 0.545. The van der Waals surface area contributed by atoms with Gasteiger partial charge < -0.3 is 15.8 Å². The number of carbonyl (C=O) groups is 1. The number of aromatic nitrogens is 2. The molecule has 0 saturated carbocycles. The van der Waals surface area contributed by atoms with E-state index in [2.05, 4.69) is 20.3 Å². The summed E-state index contributed by atoms with van der Waals surface area (Å²) in [4.78, 5) is 15.9. The van der Waals surface area contributed by atoms with Crippen molar-refractivity contribution in [2.75, 3.05) is 26.2 Å². The third kappa shape index (κ3) is 2.84. The molecule has 1 fully saturated rings. The van der Waals surface area contributed by atoms with Crippen LogP contribution in [0.2, 0.25) is 0 Å². The van der Waals surface area contributed by atoms with Gasteiger partial charge in [0.25, 0.3) is 5.91 Å². The second-order valence-electron chi connectivity index (χ2n) is 4.52. The quantitative estimate of drug-likeness (QED) is 0.290. The third-order valence-corrected chi connectivity index (χ3v) is 3.44. The molecule has 0 aliphatic carbocycles. The van der Waals surface area contributed by atoms with Crippen molar-refractivity contribution < 1.29 is 10.0 Å². The molecular weight excluding hydrogens is 248 g/mol. The zero-order valence-electron chi connectivity index (χ0n) is 10.8. The minimum atomic E-state index is -0.129. The first-order chi connectivity index (χ1) is 9.13. The Morgan fingerprint density at radius 2 is 2.21 bits per heavy atom. The van der Waals surface area contributed by atoms with E-state index in [1.54, 1.807) is 11.1 Å². The number of piperazine rings is 1. The van der Waals surface area contributed by atoms with Gasteiger partial charge >= 0.3 is 0 Å². The van der Waals surface area contributed by atoms with Crippen LogP contribution in [0.1, 0.15) is 17.3 Å². The van der Waals surface area contributed by atoms with Crippen LogP contribution in [-0.2, 0) is 0 Å². The number of nitrogens with one attached hydrogen (secondary N) is 1. The minimum absolute atomic E-state index is 0.0233.